The summed E-state index contributed by atoms with van der Waals surface area (Å²) in [5, 5.41) is 6.16. The van der Waals surface area contributed by atoms with Crippen molar-refractivity contribution in [3.63, 3.8) is 0 Å². The topological polar surface area (TPSA) is 87.3 Å². The molecule has 1 amide bonds. The van der Waals surface area contributed by atoms with E-state index in [0.29, 0.717) is 17.8 Å². The number of carbonyl (C=O) groups is 1. The summed E-state index contributed by atoms with van der Waals surface area (Å²) in [6.45, 7) is 0.632. The summed E-state index contributed by atoms with van der Waals surface area (Å²) in [7, 11) is -3.59. The number of carbonyl (C=O) groups excluding carboxylic acids is 1. The Hall–Kier alpha value is -2.64. The number of allylic oxidation sites excluding steroid dienone is 1. The van der Waals surface area contributed by atoms with Gasteiger partial charge in [0.2, 0.25) is 10.0 Å². The van der Waals surface area contributed by atoms with Gasteiger partial charge in [-0.1, -0.05) is 35.9 Å². The second-order valence-corrected chi connectivity index (χ2v) is 9.11. The lowest BCUT2D eigenvalue weighted by atomic mass is 9.97. The first-order valence-corrected chi connectivity index (χ1v) is 11.5. The quantitative estimate of drug-likeness (QED) is 0.655. The molecule has 2 aromatic rings. The van der Waals surface area contributed by atoms with E-state index >= 15 is 0 Å². The van der Waals surface area contributed by atoms with Crippen molar-refractivity contribution in [1.82, 2.24) is 10.0 Å². The van der Waals surface area contributed by atoms with Crippen LogP contribution in [0.3, 0.4) is 0 Å². The molecule has 6 nitrogen and oxygen atoms in total. The first-order chi connectivity index (χ1) is 14.0. The highest BCUT2D eigenvalue weighted by Crippen LogP contribution is 2.30. The minimum absolute atomic E-state index is 0.115. The van der Waals surface area contributed by atoms with E-state index < -0.39 is 16.2 Å². The zero-order valence-electron chi connectivity index (χ0n) is 16.1. The Labute approximate surface area is 171 Å². The normalized spacial score (nSPS) is 20.1. The number of nitrogens with one attached hydrogen (secondary N) is 3. The third kappa shape index (κ3) is 4.52. The molecule has 0 saturated carbocycles. The molecular weight excluding hydrogens is 386 g/mol. The molecule has 29 heavy (non-hydrogen) atoms. The van der Waals surface area contributed by atoms with E-state index in [1.807, 2.05) is 0 Å². The van der Waals surface area contributed by atoms with E-state index in [1.54, 1.807) is 48.5 Å². The van der Waals surface area contributed by atoms with Crippen LogP contribution < -0.4 is 15.4 Å². The van der Waals surface area contributed by atoms with Crippen LogP contribution in [0.1, 0.15) is 54.2 Å². The van der Waals surface area contributed by atoms with E-state index in [4.69, 9.17) is 0 Å². The van der Waals surface area contributed by atoms with Crippen LogP contribution >= 0.6 is 0 Å². The molecule has 0 bridgehead atoms. The Bertz CT molecular complexity index is 1030. The maximum Gasteiger partial charge on any atom is 0.251 e. The molecule has 0 unspecified atom stereocenters. The maximum atomic E-state index is 12.5. The molecule has 152 valence electrons. The summed E-state index contributed by atoms with van der Waals surface area (Å²) in [6, 6.07) is 13.8. The molecule has 1 aliphatic carbocycles. The number of anilines is 1. The van der Waals surface area contributed by atoms with E-state index in [2.05, 4.69) is 21.4 Å². The average molecular weight is 412 g/mol. The molecule has 1 heterocycles. The molecule has 0 spiro atoms. The van der Waals surface area contributed by atoms with Crippen molar-refractivity contribution in [2.75, 3.05) is 11.9 Å². The summed E-state index contributed by atoms with van der Waals surface area (Å²) >= 11 is 0. The first kappa shape index (κ1) is 19.7. The number of fused-ring (bicyclic) bond motifs is 1. The number of benzene rings is 2. The third-order valence-corrected chi connectivity index (χ3v) is 6.85. The lowest BCUT2D eigenvalue weighted by Crippen LogP contribution is -2.38. The minimum atomic E-state index is -3.59. The van der Waals surface area contributed by atoms with Crippen LogP contribution in [-0.2, 0) is 10.0 Å². The van der Waals surface area contributed by atoms with Gasteiger partial charge in [0.15, 0.2) is 0 Å². The van der Waals surface area contributed by atoms with Crippen molar-refractivity contribution in [1.29, 1.82) is 0 Å². The minimum Gasteiger partial charge on any atom is -0.364 e. The fourth-order valence-corrected chi connectivity index (χ4v) is 5.08. The molecule has 0 saturated heterocycles. The summed E-state index contributed by atoms with van der Waals surface area (Å²) < 4.78 is 27.6. The number of rotatable bonds is 5. The van der Waals surface area contributed by atoms with Crippen molar-refractivity contribution >= 4 is 21.6 Å². The Morgan fingerprint density at radius 2 is 1.86 bits per heavy atom. The largest absolute Gasteiger partial charge is 0.364 e. The first-order valence-electron chi connectivity index (χ1n) is 9.97. The average Bonchev–Trinajstić information content (AvgIpc) is 2.74. The molecule has 2 aliphatic rings. The van der Waals surface area contributed by atoms with Crippen molar-refractivity contribution < 1.29 is 13.2 Å². The second kappa shape index (κ2) is 8.39. The van der Waals surface area contributed by atoms with E-state index in [-0.39, 0.29) is 10.8 Å². The number of hydrogen-bond acceptors (Lipinski definition) is 4. The zero-order chi connectivity index (χ0) is 20.3. The van der Waals surface area contributed by atoms with Gasteiger partial charge in [-0.3, -0.25) is 4.79 Å². The van der Waals surface area contributed by atoms with Crippen LogP contribution in [0.2, 0.25) is 0 Å². The number of sulfonamides is 1. The second-order valence-electron chi connectivity index (χ2n) is 7.43. The van der Waals surface area contributed by atoms with Crippen LogP contribution in [0.4, 0.5) is 5.69 Å². The Balaban J connectivity index is 1.39. The molecule has 3 N–H and O–H groups in total. The van der Waals surface area contributed by atoms with Crippen molar-refractivity contribution in [3.8, 4) is 0 Å². The zero-order valence-corrected chi connectivity index (χ0v) is 17.0. The monoisotopic (exact) mass is 411 g/mol. The van der Waals surface area contributed by atoms with Gasteiger partial charge in [-0.25, -0.2) is 8.42 Å². The van der Waals surface area contributed by atoms with Gasteiger partial charge in [0.1, 0.15) is 11.1 Å². The van der Waals surface area contributed by atoms with Crippen LogP contribution in [0.25, 0.3) is 0 Å². The smallest absolute Gasteiger partial charge is 0.251 e. The van der Waals surface area contributed by atoms with E-state index in [1.165, 1.54) is 18.4 Å². The summed E-state index contributed by atoms with van der Waals surface area (Å²) in [4.78, 5) is 12.6. The predicted molar refractivity (Wildman–Crippen MR) is 113 cm³/mol. The molecule has 0 radical (unpaired) electrons. The molecular formula is C22H25N3O3S. The molecule has 1 aliphatic heterocycles. The van der Waals surface area contributed by atoms with Crippen LogP contribution in [0.15, 0.2) is 65.1 Å². The molecule has 0 fully saturated rings. The highest BCUT2D eigenvalue weighted by Gasteiger charge is 2.29. The van der Waals surface area contributed by atoms with Gasteiger partial charge in [-0.2, -0.15) is 4.72 Å². The Kier molecular flexibility index (Phi) is 5.69. The molecule has 7 heteroatoms. The highest BCUT2D eigenvalue weighted by molar-refractivity contribution is 7.89. The lowest BCUT2D eigenvalue weighted by molar-refractivity contribution is 0.0954. The SMILES string of the molecule is O=C(NCCC1=CCCCC1)c1ccc([C@H]2Nc3ccccc3S(=O)(=O)N2)cc1. The van der Waals surface area contributed by atoms with Crippen molar-refractivity contribution in [2.45, 2.75) is 43.2 Å². The Morgan fingerprint density at radius 3 is 2.62 bits per heavy atom. The number of para-hydroxylation sites is 1. The summed E-state index contributed by atoms with van der Waals surface area (Å²) in [5.74, 6) is -0.115. The van der Waals surface area contributed by atoms with Crippen LogP contribution in [-0.4, -0.2) is 20.9 Å². The third-order valence-electron chi connectivity index (χ3n) is 5.37. The summed E-state index contributed by atoms with van der Waals surface area (Å²) in [6.07, 6.45) is 7.40. The van der Waals surface area contributed by atoms with E-state index in [0.717, 1.165) is 24.8 Å². The standard InChI is InChI=1S/C22H25N3O3S/c26-22(23-15-14-16-6-2-1-3-7-16)18-12-10-17(11-13-18)21-24-19-8-4-5-9-20(19)29(27,28)25-21/h4-6,8-13,21,24-25H,1-3,7,14-15H2,(H,23,26)/t21-/m0/s1. The van der Waals surface area contributed by atoms with Gasteiger partial charge >= 0.3 is 0 Å². The van der Waals surface area contributed by atoms with Crippen LogP contribution in [0.5, 0.6) is 0 Å². The fourth-order valence-electron chi connectivity index (χ4n) is 3.77. The van der Waals surface area contributed by atoms with Gasteiger partial charge in [0.25, 0.3) is 5.91 Å². The molecule has 2 aromatic carbocycles. The fraction of sp³-hybridized carbons (Fsp3) is 0.318. The predicted octanol–water partition coefficient (Wildman–Crippen LogP) is 3.71. The number of amides is 1. The van der Waals surface area contributed by atoms with Gasteiger partial charge in [0, 0.05) is 12.1 Å². The maximum absolute atomic E-state index is 12.5. The van der Waals surface area contributed by atoms with E-state index in [9.17, 15) is 13.2 Å². The highest BCUT2D eigenvalue weighted by atomic mass is 32.2. The summed E-state index contributed by atoms with van der Waals surface area (Å²) in [5.41, 5.74) is 3.30. The van der Waals surface area contributed by atoms with Gasteiger partial charge in [-0.05, 0) is 61.9 Å². The lowest BCUT2D eigenvalue weighted by Gasteiger charge is -2.28. The number of hydrogen-bond donors (Lipinski definition) is 3. The Morgan fingerprint density at radius 1 is 1.07 bits per heavy atom. The molecule has 4 rings (SSSR count). The van der Waals surface area contributed by atoms with Gasteiger partial charge < -0.3 is 10.6 Å². The van der Waals surface area contributed by atoms with Gasteiger partial charge in [-0.15, -0.1) is 0 Å². The van der Waals surface area contributed by atoms with Gasteiger partial charge in [0.05, 0.1) is 5.69 Å². The van der Waals surface area contributed by atoms with Crippen LogP contribution in [0, 0.1) is 0 Å². The van der Waals surface area contributed by atoms with Crippen molar-refractivity contribution in [2.24, 2.45) is 0 Å². The van der Waals surface area contributed by atoms with Crippen molar-refractivity contribution in [3.05, 3.63) is 71.3 Å². The molecule has 0 aromatic heterocycles. The molecule has 1 atom stereocenters.